The number of aromatic nitrogens is 2. The maximum absolute atomic E-state index is 10.6. The Balaban J connectivity index is 1.57. The third-order valence-electron chi connectivity index (χ3n) is 4.80. The van der Waals surface area contributed by atoms with Gasteiger partial charge in [-0.05, 0) is 19.1 Å². The smallest absolute Gasteiger partial charge is 0.119 e. The van der Waals surface area contributed by atoms with E-state index in [4.69, 9.17) is 4.74 Å². The van der Waals surface area contributed by atoms with Gasteiger partial charge in [-0.2, -0.15) is 0 Å². The quantitative estimate of drug-likeness (QED) is 0.490. The normalized spacial score (nSPS) is 11.9. The average molecular weight is 384 g/mol. The van der Waals surface area contributed by atoms with E-state index in [1.807, 2.05) is 72.2 Å². The number of aryl methyl sites for hydroxylation is 1. The molecule has 0 aliphatic rings. The summed E-state index contributed by atoms with van der Waals surface area (Å²) >= 11 is 0. The van der Waals surface area contributed by atoms with Gasteiger partial charge in [0, 0.05) is 11.1 Å². The molecule has 4 aromatic rings. The lowest BCUT2D eigenvalue weighted by Crippen LogP contribution is -2.23. The van der Waals surface area contributed by atoms with E-state index in [1.165, 1.54) is 5.56 Å². The zero-order valence-corrected chi connectivity index (χ0v) is 16.4. The van der Waals surface area contributed by atoms with Gasteiger partial charge in [0.1, 0.15) is 18.5 Å². The lowest BCUT2D eigenvalue weighted by atomic mass is 10.0. The van der Waals surface area contributed by atoms with Crippen LogP contribution in [-0.4, -0.2) is 27.4 Å². The number of aliphatic hydroxyl groups is 1. The summed E-state index contributed by atoms with van der Waals surface area (Å²) in [4.78, 5) is 4.65. The Bertz CT molecular complexity index is 1040. The monoisotopic (exact) mass is 384 g/mol. The molecule has 0 radical (unpaired) electrons. The first-order valence-electron chi connectivity index (χ1n) is 9.74. The van der Waals surface area contributed by atoms with Crippen molar-refractivity contribution >= 4 is 0 Å². The Labute approximate surface area is 171 Å². The summed E-state index contributed by atoms with van der Waals surface area (Å²) in [5.74, 6) is 0.758. The molecule has 0 spiro atoms. The van der Waals surface area contributed by atoms with Crippen molar-refractivity contribution < 1.29 is 9.84 Å². The van der Waals surface area contributed by atoms with E-state index in [2.05, 4.69) is 29.2 Å². The Hall–Kier alpha value is -3.37. The lowest BCUT2D eigenvalue weighted by Gasteiger charge is -2.16. The minimum atomic E-state index is -0.656. The summed E-state index contributed by atoms with van der Waals surface area (Å²) in [6.07, 6.45) is 1.14. The molecule has 3 aromatic carbocycles. The largest absolute Gasteiger partial charge is 0.491 e. The molecule has 0 aliphatic heterocycles. The van der Waals surface area contributed by atoms with Crippen molar-refractivity contribution in [2.75, 3.05) is 6.61 Å². The van der Waals surface area contributed by atoms with Crippen LogP contribution in [0.1, 0.15) is 5.56 Å². The number of imidazole rings is 1. The van der Waals surface area contributed by atoms with Gasteiger partial charge < -0.3 is 14.4 Å². The van der Waals surface area contributed by atoms with Crippen molar-refractivity contribution in [3.05, 3.63) is 96.8 Å². The van der Waals surface area contributed by atoms with Crippen molar-refractivity contribution in [1.29, 1.82) is 0 Å². The van der Waals surface area contributed by atoms with E-state index in [9.17, 15) is 5.11 Å². The summed E-state index contributed by atoms with van der Waals surface area (Å²) < 4.78 is 7.75. The van der Waals surface area contributed by atoms with Crippen LogP contribution in [0.2, 0.25) is 0 Å². The summed E-state index contributed by atoms with van der Waals surface area (Å²) in [5.41, 5.74) is 5.19. The predicted molar refractivity (Wildman–Crippen MR) is 116 cm³/mol. The van der Waals surface area contributed by atoms with Gasteiger partial charge in [0.25, 0.3) is 0 Å². The van der Waals surface area contributed by atoms with Gasteiger partial charge in [-0.1, -0.05) is 78.4 Å². The SMILES string of the molecule is Cc1ccc(OC[C@@H](O)Cn2cnc(-c3ccccc3)c2-c2ccccc2)cc1. The van der Waals surface area contributed by atoms with Crippen molar-refractivity contribution in [2.45, 2.75) is 19.6 Å². The number of rotatable bonds is 7. The second kappa shape index (κ2) is 8.76. The summed E-state index contributed by atoms with van der Waals surface area (Å²) in [6, 6.07) is 28.1. The minimum Gasteiger partial charge on any atom is -0.491 e. The van der Waals surface area contributed by atoms with Crippen LogP contribution < -0.4 is 4.74 Å². The van der Waals surface area contributed by atoms with Crippen molar-refractivity contribution in [1.82, 2.24) is 9.55 Å². The van der Waals surface area contributed by atoms with E-state index < -0.39 is 6.10 Å². The van der Waals surface area contributed by atoms with Gasteiger partial charge in [0.05, 0.1) is 24.3 Å². The van der Waals surface area contributed by atoms with E-state index >= 15 is 0 Å². The molecular weight excluding hydrogens is 360 g/mol. The highest BCUT2D eigenvalue weighted by molar-refractivity contribution is 5.78. The Morgan fingerprint density at radius 2 is 1.48 bits per heavy atom. The Morgan fingerprint density at radius 3 is 2.14 bits per heavy atom. The molecule has 0 saturated carbocycles. The van der Waals surface area contributed by atoms with E-state index in [0.29, 0.717) is 6.54 Å². The van der Waals surface area contributed by atoms with Crippen LogP contribution in [0.3, 0.4) is 0 Å². The number of benzene rings is 3. The Kier molecular flexibility index (Phi) is 5.73. The van der Waals surface area contributed by atoms with Gasteiger partial charge in [-0.3, -0.25) is 0 Å². The fraction of sp³-hybridized carbons (Fsp3) is 0.160. The van der Waals surface area contributed by atoms with Crippen LogP contribution >= 0.6 is 0 Å². The fourth-order valence-electron chi connectivity index (χ4n) is 3.33. The zero-order chi connectivity index (χ0) is 20.1. The number of hydrogen-bond donors (Lipinski definition) is 1. The number of aliphatic hydroxyl groups excluding tert-OH is 1. The highest BCUT2D eigenvalue weighted by Crippen LogP contribution is 2.31. The van der Waals surface area contributed by atoms with Gasteiger partial charge >= 0.3 is 0 Å². The molecule has 0 fully saturated rings. The topological polar surface area (TPSA) is 47.3 Å². The molecular formula is C25H24N2O2. The summed E-state index contributed by atoms with van der Waals surface area (Å²) in [5, 5.41) is 10.6. The van der Waals surface area contributed by atoms with Crippen LogP contribution in [0.4, 0.5) is 0 Å². The Morgan fingerprint density at radius 1 is 0.862 bits per heavy atom. The van der Waals surface area contributed by atoms with E-state index in [-0.39, 0.29) is 6.61 Å². The maximum atomic E-state index is 10.6. The molecule has 4 rings (SSSR count). The van der Waals surface area contributed by atoms with Gasteiger partial charge in [-0.25, -0.2) is 4.98 Å². The molecule has 4 heteroatoms. The molecule has 0 aliphatic carbocycles. The first-order valence-corrected chi connectivity index (χ1v) is 9.74. The van der Waals surface area contributed by atoms with Crippen LogP contribution in [0.5, 0.6) is 5.75 Å². The second-order valence-corrected chi connectivity index (χ2v) is 7.10. The molecule has 1 heterocycles. The second-order valence-electron chi connectivity index (χ2n) is 7.10. The summed E-state index contributed by atoms with van der Waals surface area (Å²) in [7, 11) is 0. The van der Waals surface area contributed by atoms with Crippen LogP contribution in [0.15, 0.2) is 91.3 Å². The fourth-order valence-corrected chi connectivity index (χ4v) is 3.33. The maximum Gasteiger partial charge on any atom is 0.119 e. The van der Waals surface area contributed by atoms with E-state index in [1.54, 1.807) is 6.33 Å². The third-order valence-corrected chi connectivity index (χ3v) is 4.80. The molecule has 1 N–H and O–H groups in total. The number of nitrogens with zero attached hydrogens (tertiary/aromatic N) is 2. The van der Waals surface area contributed by atoms with Gasteiger partial charge in [-0.15, -0.1) is 0 Å². The van der Waals surface area contributed by atoms with Gasteiger partial charge in [0.15, 0.2) is 0 Å². The highest BCUT2D eigenvalue weighted by Gasteiger charge is 2.17. The number of ether oxygens (including phenoxy) is 1. The molecule has 1 atom stereocenters. The van der Waals surface area contributed by atoms with Crippen molar-refractivity contribution in [2.24, 2.45) is 0 Å². The van der Waals surface area contributed by atoms with Crippen molar-refractivity contribution in [3.8, 4) is 28.3 Å². The third kappa shape index (κ3) is 4.55. The van der Waals surface area contributed by atoms with E-state index in [0.717, 1.165) is 28.3 Å². The van der Waals surface area contributed by atoms with Crippen LogP contribution in [-0.2, 0) is 6.54 Å². The highest BCUT2D eigenvalue weighted by atomic mass is 16.5. The summed E-state index contributed by atoms with van der Waals surface area (Å²) in [6.45, 7) is 2.65. The zero-order valence-electron chi connectivity index (χ0n) is 16.4. The van der Waals surface area contributed by atoms with Crippen molar-refractivity contribution in [3.63, 3.8) is 0 Å². The average Bonchev–Trinajstić information content (AvgIpc) is 3.18. The first kappa shape index (κ1) is 19.0. The molecule has 0 unspecified atom stereocenters. The molecule has 0 bridgehead atoms. The van der Waals surface area contributed by atoms with Crippen LogP contribution in [0.25, 0.3) is 22.5 Å². The van der Waals surface area contributed by atoms with Gasteiger partial charge in [0.2, 0.25) is 0 Å². The molecule has 4 nitrogen and oxygen atoms in total. The van der Waals surface area contributed by atoms with Crippen LogP contribution in [0, 0.1) is 6.92 Å². The first-order chi connectivity index (χ1) is 14.2. The molecule has 0 saturated heterocycles. The lowest BCUT2D eigenvalue weighted by molar-refractivity contribution is 0.0928. The molecule has 146 valence electrons. The number of hydrogen-bond acceptors (Lipinski definition) is 3. The standard InChI is InChI=1S/C25H24N2O2/c1-19-12-14-23(15-13-19)29-17-22(28)16-27-18-26-24(20-8-4-2-5-9-20)25(27)21-10-6-3-7-11-21/h2-15,18,22,28H,16-17H2,1H3/t22-/m0/s1. The minimum absolute atomic E-state index is 0.218. The molecule has 0 amide bonds. The molecule has 1 aromatic heterocycles. The predicted octanol–water partition coefficient (Wildman–Crippen LogP) is 4.97. The molecule has 29 heavy (non-hydrogen) atoms.